The molecule has 0 bridgehead atoms. The van der Waals surface area contributed by atoms with Gasteiger partial charge in [0.25, 0.3) is 5.56 Å². The number of aryl methyl sites for hydroxylation is 2. The van der Waals surface area contributed by atoms with Crippen LogP contribution >= 0.6 is 0 Å². The molecule has 25 heavy (non-hydrogen) atoms. The van der Waals surface area contributed by atoms with Crippen LogP contribution in [0.4, 0.5) is 0 Å². The standard InChI is InChI=1S/C13H20N4O3.C3H8.C2H6/c1-9(18)6-4-5-7-17-12(19)10-11(14-8-15(10)2)16(3)13(17)20;1-3-2;1-2/h8-9,18H,4-7H2,1-3H3;3H2,1-2H3;1-2H3/t9-;;/m1../s1. The van der Waals surface area contributed by atoms with Gasteiger partial charge in [-0.05, 0) is 26.2 Å². The first kappa shape index (κ1) is 23.1. The van der Waals surface area contributed by atoms with E-state index in [2.05, 4.69) is 18.8 Å². The Hall–Kier alpha value is -1.89. The molecule has 0 spiro atoms. The Morgan fingerprint density at radius 2 is 1.72 bits per heavy atom. The summed E-state index contributed by atoms with van der Waals surface area (Å²) in [6.07, 6.45) is 4.56. The van der Waals surface area contributed by atoms with E-state index in [9.17, 15) is 14.7 Å². The Morgan fingerprint density at radius 1 is 1.16 bits per heavy atom. The molecule has 0 amide bonds. The van der Waals surface area contributed by atoms with E-state index in [-0.39, 0.29) is 17.4 Å². The van der Waals surface area contributed by atoms with Crippen LogP contribution in [0.3, 0.4) is 0 Å². The second-order valence-electron chi connectivity index (χ2n) is 5.88. The van der Waals surface area contributed by atoms with Gasteiger partial charge < -0.3 is 9.67 Å². The minimum absolute atomic E-state index is 0.305. The molecule has 0 aliphatic carbocycles. The molecular weight excluding hydrogens is 320 g/mol. The minimum Gasteiger partial charge on any atom is -0.393 e. The van der Waals surface area contributed by atoms with Gasteiger partial charge in [0.15, 0.2) is 11.2 Å². The highest BCUT2D eigenvalue weighted by Gasteiger charge is 2.14. The number of aliphatic hydroxyl groups is 1. The van der Waals surface area contributed by atoms with Crippen LogP contribution in [0.15, 0.2) is 15.9 Å². The van der Waals surface area contributed by atoms with Crippen molar-refractivity contribution in [3.05, 3.63) is 27.2 Å². The Bertz CT molecular complexity index is 741. The third-order valence-electron chi connectivity index (χ3n) is 3.45. The van der Waals surface area contributed by atoms with E-state index in [1.165, 1.54) is 21.9 Å². The summed E-state index contributed by atoms with van der Waals surface area (Å²) in [7, 11) is 3.35. The number of hydrogen-bond acceptors (Lipinski definition) is 4. The summed E-state index contributed by atoms with van der Waals surface area (Å²) in [6, 6.07) is 0. The Kier molecular flexibility index (Phi) is 10.7. The molecule has 0 radical (unpaired) electrons. The quantitative estimate of drug-likeness (QED) is 0.836. The van der Waals surface area contributed by atoms with Crippen molar-refractivity contribution < 1.29 is 5.11 Å². The van der Waals surface area contributed by atoms with Gasteiger partial charge in [-0.15, -0.1) is 0 Å². The van der Waals surface area contributed by atoms with Gasteiger partial charge >= 0.3 is 5.69 Å². The van der Waals surface area contributed by atoms with Crippen LogP contribution in [0.25, 0.3) is 11.2 Å². The van der Waals surface area contributed by atoms with E-state index in [1.807, 2.05) is 13.8 Å². The number of nitrogens with zero attached hydrogens (tertiary/aromatic N) is 4. The molecular formula is C18H34N4O3. The van der Waals surface area contributed by atoms with E-state index >= 15 is 0 Å². The molecule has 1 N–H and O–H groups in total. The summed E-state index contributed by atoms with van der Waals surface area (Å²) < 4.78 is 4.26. The molecule has 2 rings (SSSR count). The van der Waals surface area contributed by atoms with Gasteiger partial charge in [0, 0.05) is 20.6 Å². The maximum atomic E-state index is 12.4. The van der Waals surface area contributed by atoms with Crippen molar-refractivity contribution in [2.45, 2.75) is 73.0 Å². The lowest BCUT2D eigenvalue weighted by Gasteiger charge is -2.09. The average molecular weight is 354 g/mol. The number of aromatic nitrogens is 4. The molecule has 2 aromatic heterocycles. The van der Waals surface area contributed by atoms with Crippen LogP contribution in [0, 0.1) is 0 Å². The van der Waals surface area contributed by atoms with E-state index < -0.39 is 0 Å². The molecule has 144 valence electrons. The number of fused-ring (bicyclic) bond motifs is 1. The predicted molar refractivity (Wildman–Crippen MR) is 103 cm³/mol. The lowest BCUT2D eigenvalue weighted by Crippen LogP contribution is -2.39. The number of aliphatic hydroxyl groups excluding tert-OH is 1. The third kappa shape index (κ3) is 6.16. The molecule has 0 aliphatic rings. The number of rotatable bonds is 5. The zero-order valence-corrected chi connectivity index (χ0v) is 16.7. The molecule has 2 heterocycles. The van der Waals surface area contributed by atoms with Crippen molar-refractivity contribution >= 4 is 11.2 Å². The van der Waals surface area contributed by atoms with E-state index in [0.717, 1.165) is 6.42 Å². The SMILES string of the molecule is CC.CCC.C[C@@H](O)CCCCn1c(=O)c2c(ncn2C)n(C)c1=O. The Morgan fingerprint density at radius 3 is 2.24 bits per heavy atom. The first-order valence-electron chi connectivity index (χ1n) is 9.13. The maximum absolute atomic E-state index is 12.4. The smallest absolute Gasteiger partial charge is 0.332 e. The highest BCUT2D eigenvalue weighted by Crippen LogP contribution is 2.04. The normalized spacial score (nSPS) is 11.4. The summed E-state index contributed by atoms with van der Waals surface area (Å²) in [6.45, 7) is 10.3. The largest absolute Gasteiger partial charge is 0.393 e. The molecule has 0 aliphatic heterocycles. The van der Waals surface area contributed by atoms with E-state index in [4.69, 9.17) is 0 Å². The van der Waals surface area contributed by atoms with Crippen LogP contribution in [0.2, 0.25) is 0 Å². The van der Waals surface area contributed by atoms with Crippen molar-refractivity contribution in [1.82, 2.24) is 18.7 Å². The molecule has 0 unspecified atom stereocenters. The lowest BCUT2D eigenvalue weighted by atomic mass is 10.2. The van der Waals surface area contributed by atoms with Crippen molar-refractivity contribution in [2.75, 3.05) is 0 Å². The van der Waals surface area contributed by atoms with Crippen molar-refractivity contribution in [2.24, 2.45) is 14.1 Å². The van der Waals surface area contributed by atoms with Gasteiger partial charge in [-0.3, -0.25) is 13.9 Å². The van der Waals surface area contributed by atoms with Crippen molar-refractivity contribution in [3.63, 3.8) is 0 Å². The first-order chi connectivity index (χ1) is 11.8. The molecule has 0 fully saturated rings. The second-order valence-corrected chi connectivity index (χ2v) is 5.88. The van der Waals surface area contributed by atoms with E-state index in [1.54, 1.807) is 25.6 Å². The van der Waals surface area contributed by atoms with E-state index in [0.29, 0.717) is 30.6 Å². The molecule has 7 heteroatoms. The molecule has 7 nitrogen and oxygen atoms in total. The first-order valence-corrected chi connectivity index (χ1v) is 9.13. The summed E-state index contributed by atoms with van der Waals surface area (Å²) in [5.41, 5.74) is 0.184. The molecule has 0 aromatic carbocycles. The van der Waals surface area contributed by atoms with Crippen LogP contribution < -0.4 is 11.2 Å². The fraction of sp³-hybridized carbons (Fsp3) is 0.722. The zero-order chi connectivity index (χ0) is 19.6. The second kappa shape index (κ2) is 11.6. The molecule has 2 aromatic rings. The van der Waals surface area contributed by atoms with Gasteiger partial charge in [-0.25, -0.2) is 9.78 Å². The predicted octanol–water partition coefficient (Wildman–Crippen LogP) is 2.43. The molecule has 1 atom stereocenters. The Balaban J connectivity index is 0.00000104. The topological polar surface area (TPSA) is 82.1 Å². The van der Waals surface area contributed by atoms with Crippen molar-refractivity contribution in [3.8, 4) is 0 Å². The number of hydrogen-bond donors (Lipinski definition) is 1. The van der Waals surface area contributed by atoms with Gasteiger partial charge in [-0.1, -0.05) is 34.1 Å². The number of unbranched alkanes of at least 4 members (excludes halogenated alkanes) is 1. The van der Waals surface area contributed by atoms with Crippen LogP contribution in [0.1, 0.15) is 60.3 Å². The van der Waals surface area contributed by atoms with Crippen LogP contribution in [0.5, 0.6) is 0 Å². The van der Waals surface area contributed by atoms with Gasteiger partial charge in [-0.2, -0.15) is 0 Å². The fourth-order valence-electron chi connectivity index (χ4n) is 2.30. The summed E-state index contributed by atoms with van der Waals surface area (Å²) in [4.78, 5) is 28.6. The molecule has 0 saturated heterocycles. The number of imidazole rings is 1. The fourth-order valence-corrected chi connectivity index (χ4v) is 2.30. The highest BCUT2D eigenvalue weighted by molar-refractivity contribution is 5.69. The lowest BCUT2D eigenvalue weighted by molar-refractivity contribution is 0.180. The van der Waals surface area contributed by atoms with Gasteiger partial charge in [0.1, 0.15) is 0 Å². The Labute approximate surface area is 149 Å². The summed E-state index contributed by atoms with van der Waals surface area (Å²) >= 11 is 0. The zero-order valence-electron chi connectivity index (χ0n) is 16.7. The van der Waals surface area contributed by atoms with Gasteiger partial charge in [0.05, 0.1) is 12.4 Å². The van der Waals surface area contributed by atoms with Crippen LogP contribution in [-0.4, -0.2) is 29.9 Å². The third-order valence-corrected chi connectivity index (χ3v) is 3.45. The molecule has 0 saturated carbocycles. The highest BCUT2D eigenvalue weighted by atomic mass is 16.3. The maximum Gasteiger partial charge on any atom is 0.332 e. The summed E-state index contributed by atoms with van der Waals surface area (Å²) in [5.74, 6) is 0. The van der Waals surface area contributed by atoms with Crippen molar-refractivity contribution in [1.29, 1.82) is 0 Å². The monoisotopic (exact) mass is 354 g/mol. The summed E-state index contributed by atoms with van der Waals surface area (Å²) in [5, 5.41) is 9.21. The average Bonchev–Trinajstić information content (AvgIpc) is 2.96. The minimum atomic E-state index is -0.353. The van der Waals surface area contributed by atoms with Gasteiger partial charge in [0.2, 0.25) is 0 Å². The van der Waals surface area contributed by atoms with Crippen LogP contribution in [-0.2, 0) is 20.6 Å².